The van der Waals surface area contributed by atoms with Crippen molar-refractivity contribution in [2.75, 3.05) is 0 Å². The molecule has 0 bridgehead atoms. The molecule has 1 heterocycles. The minimum absolute atomic E-state index is 0.0122. The quantitative estimate of drug-likeness (QED) is 0.473. The van der Waals surface area contributed by atoms with Gasteiger partial charge in [0.15, 0.2) is 0 Å². The Labute approximate surface area is 98.6 Å². The number of hydrogen-bond acceptors (Lipinski definition) is 3. The van der Waals surface area contributed by atoms with Gasteiger partial charge in [0, 0.05) is 17.3 Å². The second kappa shape index (κ2) is 4.57. The van der Waals surface area contributed by atoms with Crippen molar-refractivity contribution in [1.29, 1.82) is 5.41 Å². The molecule has 1 aromatic heterocycles. The molecule has 0 spiro atoms. The summed E-state index contributed by atoms with van der Waals surface area (Å²) in [6, 6.07) is 11.8. The first-order valence-corrected chi connectivity index (χ1v) is 5.08. The summed E-state index contributed by atoms with van der Waals surface area (Å²) in [5, 5.41) is 7.26. The predicted octanol–water partition coefficient (Wildman–Crippen LogP) is 1.60. The van der Waals surface area contributed by atoms with Crippen LogP contribution in [0.4, 0.5) is 0 Å². The maximum absolute atomic E-state index is 12.0. The van der Waals surface area contributed by atoms with Crippen LogP contribution in [0.2, 0.25) is 0 Å². The summed E-state index contributed by atoms with van der Waals surface area (Å²) in [6.45, 7) is 0. The Balaban J connectivity index is 2.30. The molecule has 2 aromatic rings. The summed E-state index contributed by atoms with van der Waals surface area (Å²) < 4.78 is 0. The van der Waals surface area contributed by atoms with E-state index in [4.69, 9.17) is 11.1 Å². The number of hydrogen-bond donors (Lipinski definition) is 2. The van der Waals surface area contributed by atoms with Gasteiger partial charge in [0.25, 0.3) is 0 Å². The Morgan fingerprint density at radius 1 is 1.06 bits per heavy atom. The van der Waals surface area contributed by atoms with Crippen molar-refractivity contribution < 1.29 is 4.79 Å². The molecule has 0 atom stereocenters. The van der Waals surface area contributed by atoms with E-state index in [-0.39, 0.29) is 11.6 Å². The lowest BCUT2D eigenvalue weighted by atomic mass is 10.1. The number of nitrogens with zero attached hydrogens (tertiary/aromatic N) is 1. The Kier molecular flexibility index (Phi) is 2.96. The summed E-state index contributed by atoms with van der Waals surface area (Å²) in [6.07, 6.45) is 1.58. The van der Waals surface area contributed by atoms with Crippen LogP contribution in [-0.2, 0) is 0 Å². The molecule has 0 aliphatic carbocycles. The first kappa shape index (κ1) is 11.0. The van der Waals surface area contributed by atoms with E-state index in [1.807, 2.05) is 0 Å². The number of rotatable bonds is 3. The molecule has 0 fully saturated rings. The average Bonchev–Trinajstić information content (AvgIpc) is 2.39. The van der Waals surface area contributed by atoms with Crippen LogP contribution in [0.25, 0.3) is 0 Å². The molecule has 0 saturated heterocycles. The van der Waals surface area contributed by atoms with Crippen molar-refractivity contribution in [2.24, 2.45) is 5.73 Å². The average molecular weight is 225 g/mol. The summed E-state index contributed by atoms with van der Waals surface area (Å²) in [5.74, 6) is -0.150. The molecule has 2 rings (SSSR count). The lowest BCUT2D eigenvalue weighted by molar-refractivity contribution is 0.103. The topological polar surface area (TPSA) is 79.8 Å². The lowest BCUT2D eigenvalue weighted by Crippen LogP contribution is -2.11. The molecule has 1 aromatic carbocycles. The second-order valence-electron chi connectivity index (χ2n) is 3.54. The van der Waals surface area contributed by atoms with Gasteiger partial charge in [-0.05, 0) is 12.1 Å². The van der Waals surface area contributed by atoms with Gasteiger partial charge in [0.2, 0.25) is 5.78 Å². The SMILES string of the molecule is N=C(N)c1ccc(C(=O)c2ccccn2)cc1. The fourth-order valence-electron chi connectivity index (χ4n) is 1.45. The molecule has 4 heteroatoms. The number of carbonyl (C=O) groups is 1. The maximum atomic E-state index is 12.0. The first-order chi connectivity index (χ1) is 8.18. The fraction of sp³-hybridized carbons (Fsp3) is 0. The van der Waals surface area contributed by atoms with E-state index in [0.29, 0.717) is 16.8 Å². The number of ketones is 1. The number of carbonyl (C=O) groups excluding carboxylic acids is 1. The van der Waals surface area contributed by atoms with Gasteiger partial charge in [-0.3, -0.25) is 15.2 Å². The highest BCUT2D eigenvalue weighted by atomic mass is 16.1. The van der Waals surface area contributed by atoms with Crippen LogP contribution in [0, 0.1) is 5.41 Å². The molecular weight excluding hydrogens is 214 g/mol. The predicted molar refractivity (Wildman–Crippen MR) is 65.1 cm³/mol. The van der Waals surface area contributed by atoms with Crippen molar-refractivity contribution in [3.8, 4) is 0 Å². The van der Waals surface area contributed by atoms with Gasteiger partial charge in [-0.15, -0.1) is 0 Å². The first-order valence-electron chi connectivity index (χ1n) is 5.08. The summed E-state index contributed by atoms with van der Waals surface area (Å²) in [5.41, 5.74) is 6.88. The number of nitrogens with one attached hydrogen (secondary N) is 1. The van der Waals surface area contributed by atoms with E-state index in [2.05, 4.69) is 4.98 Å². The Hall–Kier alpha value is -2.49. The third-order valence-electron chi connectivity index (χ3n) is 2.36. The van der Waals surface area contributed by atoms with Gasteiger partial charge >= 0.3 is 0 Å². The summed E-state index contributed by atoms with van der Waals surface area (Å²) in [4.78, 5) is 16.0. The number of benzene rings is 1. The van der Waals surface area contributed by atoms with E-state index in [1.165, 1.54) is 0 Å². The zero-order valence-corrected chi connectivity index (χ0v) is 9.05. The Morgan fingerprint density at radius 2 is 1.71 bits per heavy atom. The molecule has 3 N–H and O–H groups in total. The summed E-state index contributed by atoms with van der Waals surface area (Å²) >= 11 is 0. The molecule has 0 aliphatic rings. The van der Waals surface area contributed by atoms with Crippen LogP contribution >= 0.6 is 0 Å². The largest absolute Gasteiger partial charge is 0.384 e. The van der Waals surface area contributed by atoms with Crippen molar-refractivity contribution in [3.63, 3.8) is 0 Å². The van der Waals surface area contributed by atoms with E-state index in [0.717, 1.165) is 0 Å². The van der Waals surface area contributed by atoms with Crippen LogP contribution in [0.5, 0.6) is 0 Å². The minimum Gasteiger partial charge on any atom is -0.384 e. The lowest BCUT2D eigenvalue weighted by Gasteiger charge is -2.02. The standard InChI is InChI=1S/C13H11N3O/c14-13(15)10-6-4-9(5-7-10)12(17)11-3-1-2-8-16-11/h1-8H,(H3,14,15). The van der Waals surface area contributed by atoms with Gasteiger partial charge < -0.3 is 5.73 Å². The van der Waals surface area contributed by atoms with Gasteiger partial charge in [-0.25, -0.2) is 0 Å². The minimum atomic E-state index is -0.138. The number of nitrogens with two attached hydrogens (primary N) is 1. The third kappa shape index (κ3) is 2.36. The van der Waals surface area contributed by atoms with Crippen LogP contribution in [0.1, 0.15) is 21.6 Å². The normalized spacial score (nSPS) is 9.88. The number of amidine groups is 1. The van der Waals surface area contributed by atoms with Crippen molar-refractivity contribution >= 4 is 11.6 Å². The highest BCUT2D eigenvalue weighted by Gasteiger charge is 2.09. The highest BCUT2D eigenvalue weighted by molar-refractivity contribution is 6.08. The smallest absolute Gasteiger partial charge is 0.211 e. The zero-order valence-electron chi connectivity index (χ0n) is 9.05. The Bertz CT molecular complexity index is 547. The van der Waals surface area contributed by atoms with Crippen LogP contribution in [-0.4, -0.2) is 16.6 Å². The van der Waals surface area contributed by atoms with E-state index >= 15 is 0 Å². The third-order valence-corrected chi connectivity index (χ3v) is 2.36. The maximum Gasteiger partial charge on any atom is 0.211 e. The second-order valence-corrected chi connectivity index (χ2v) is 3.54. The molecule has 0 amide bonds. The molecule has 4 nitrogen and oxygen atoms in total. The van der Waals surface area contributed by atoms with E-state index < -0.39 is 0 Å². The van der Waals surface area contributed by atoms with Gasteiger partial charge in [-0.1, -0.05) is 30.3 Å². The van der Waals surface area contributed by atoms with Gasteiger partial charge in [0.1, 0.15) is 11.5 Å². The van der Waals surface area contributed by atoms with Crippen LogP contribution < -0.4 is 5.73 Å². The fourth-order valence-corrected chi connectivity index (χ4v) is 1.45. The van der Waals surface area contributed by atoms with Crippen molar-refractivity contribution in [2.45, 2.75) is 0 Å². The van der Waals surface area contributed by atoms with Gasteiger partial charge in [-0.2, -0.15) is 0 Å². The number of pyridine rings is 1. The molecule has 0 aliphatic heterocycles. The number of nitrogen functional groups attached to an aromatic ring is 1. The zero-order chi connectivity index (χ0) is 12.3. The molecular formula is C13H11N3O. The summed E-state index contributed by atoms with van der Waals surface area (Å²) in [7, 11) is 0. The van der Waals surface area contributed by atoms with E-state index in [1.54, 1.807) is 48.7 Å². The highest BCUT2D eigenvalue weighted by Crippen LogP contribution is 2.09. The molecule has 17 heavy (non-hydrogen) atoms. The molecule has 0 unspecified atom stereocenters. The molecule has 0 saturated carbocycles. The molecule has 84 valence electrons. The monoisotopic (exact) mass is 225 g/mol. The van der Waals surface area contributed by atoms with Crippen LogP contribution in [0.3, 0.4) is 0 Å². The van der Waals surface area contributed by atoms with Crippen LogP contribution in [0.15, 0.2) is 48.7 Å². The van der Waals surface area contributed by atoms with Gasteiger partial charge in [0.05, 0.1) is 0 Å². The van der Waals surface area contributed by atoms with E-state index in [9.17, 15) is 4.79 Å². The Morgan fingerprint density at radius 3 is 2.24 bits per heavy atom. The van der Waals surface area contributed by atoms with Crippen molar-refractivity contribution in [3.05, 3.63) is 65.5 Å². The number of aromatic nitrogens is 1. The molecule has 0 radical (unpaired) electrons. The van der Waals surface area contributed by atoms with Crippen molar-refractivity contribution in [1.82, 2.24) is 4.98 Å².